The number of aromatic nitrogens is 5. The quantitative estimate of drug-likeness (QED) is 0.596. The highest BCUT2D eigenvalue weighted by atomic mass is 19.1. The highest BCUT2D eigenvalue weighted by Crippen LogP contribution is 2.21. The molecule has 130 valence electrons. The third-order valence-electron chi connectivity index (χ3n) is 3.68. The van der Waals surface area contributed by atoms with E-state index in [9.17, 15) is 4.39 Å². The SMILES string of the molecule is Cc1cccc(Cc2nc(N)nc(-c3noc(-c4ccco4)n3)n2)c1F. The molecule has 0 fully saturated rings. The Morgan fingerprint density at radius 1 is 1.04 bits per heavy atom. The summed E-state index contributed by atoms with van der Waals surface area (Å²) in [6.45, 7) is 1.70. The van der Waals surface area contributed by atoms with E-state index in [2.05, 4.69) is 25.1 Å². The lowest BCUT2D eigenvalue weighted by atomic mass is 10.1. The second-order valence-electron chi connectivity index (χ2n) is 5.56. The number of aryl methyl sites for hydroxylation is 1. The number of hydrogen-bond donors (Lipinski definition) is 1. The molecule has 0 radical (unpaired) electrons. The zero-order valence-electron chi connectivity index (χ0n) is 13.7. The van der Waals surface area contributed by atoms with Crippen LogP contribution in [0, 0.1) is 12.7 Å². The number of nitrogens with two attached hydrogens (primary N) is 1. The minimum atomic E-state index is -0.298. The number of halogens is 1. The van der Waals surface area contributed by atoms with Crippen molar-refractivity contribution in [2.75, 3.05) is 5.73 Å². The molecule has 0 atom stereocenters. The Morgan fingerprint density at radius 2 is 1.92 bits per heavy atom. The van der Waals surface area contributed by atoms with Crippen molar-refractivity contribution in [1.82, 2.24) is 25.1 Å². The fourth-order valence-electron chi connectivity index (χ4n) is 2.45. The first-order chi connectivity index (χ1) is 12.6. The molecule has 4 rings (SSSR count). The molecule has 1 aromatic carbocycles. The molecule has 3 heterocycles. The third kappa shape index (κ3) is 3.02. The molecule has 0 aliphatic heterocycles. The van der Waals surface area contributed by atoms with Gasteiger partial charge in [0.15, 0.2) is 5.76 Å². The molecule has 0 saturated carbocycles. The zero-order valence-corrected chi connectivity index (χ0v) is 13.7. The van der Waals surface area contributed by atoms with E-state index in [1.54, 1.807) is 37.3 Å². The lowest BCUT2D eigenvalue weighted by Gasteiger charge is -2.06. The monoisotopic (exact) mass is 352 g/mol. The predicted octanol–water partition coefficient (Wildman–Crippen LogP) is 2.80. The molecule has 0 saturated heterocycles. The van der Waals surface area contributed by atoms with Gasteiger partial charge in [0.1, 0.15) is 11.6 Å². The summed E-state index contributed by atoms with van der Waals surface area (Å²) in [5.41, 5.74) is 6.77. The van der Waals surface area contributed by atoms with Gasteiger partial charge in [0.25, 0.3) is 5.89 Å². The van der Waals surface area contributed by atoms with Gasteiger partial charge in [-0.3, -0.25) is 0 Å². The molecule has 0 aliphatic carbocycles. The number of nitrogens with zero attached hydrogens (tertiary/aromatic N) is 5. The molecule has 26 heavy (non-hydrogen) atoms. The first-order valence-electron chi connectivity index (χ1n) is 7.72. The van der Waals surface area contributed by atoms with Crippen LogP contribution in [0.5, 0.6) is 0 Å². The predicted molar refractivity (Wildman–Crippen MR) is 89.2 cm³/mol. The standard InChI is InChI=1S/C17H13FN6O2/c1-9-4-2-5-10(13(9)18)8-12-20-14(23-17(19)21-12)15-22-16(26-24-15)11-6-3-7-25-11/h2-7H,8H2,1H3,(H2,19,20,21,23). The number of benzene rings is 1. The summed E-state index contributed by atoms with van der Waals surface area (Å²) < 4.78 is 24.6. The van der Waals surface area contributed by atoms with E-state index >= 15 is 0 Å². The van der Waals surface area contributed by atoms with E-state index in [-0.39, 0.29) is 35.7 Å². The maximum absolute atomic E-state index is 14.2. The Morgan fingerprint density at radius 3 is 2.73 bits per heavy atom. The Balaban J connectivity index is 1.67. The van der Waals surface area contributed by atoms with Crippen LogP contribution in [0.4, 0.5) is 10.3 Å². The molecule has 0 bridgehead atoms. The Kier molecular flexibility index (Phi) is 3.88. The summed E-state index contributed by atoms with van der Waals surface area (Å²) in [6.07, 6.45) is 1.66. The van der Waals surface area contributed by atoms with Gasteiger partial charge in [-0.1, -0.05) is 23.4 Å². The van der Waals surface area contributed by atoms with Crippen LogP contribution < -0.4 is 5.73 Å². The van der Waals surface area contributed by atoms with E-state index in [0.29, 0.717) is 22.7 Å². The summed E-state index contributed by atoms with van der Waals surface area (Å²) in [5, 5.41) is 3.83. The van der Waals surface area contributed by atoms with Gasteiger partial charge in [-0.25, -0.2) is 9.37 Å². The Labute approximate surface area is 146 Å². The van der Waals surface area contributed by atoms with E-state index in [4.69, 9.17) is 14.7 Å². The lowest BCUT2D eigenvalue weighted by Crippen LogP contribution is -2.07. The minimum Gasteiger partial charge on any atom is -0.459 e. The van der Waals surface area contributed by atoms with Gasteiger partial charge >= 0.3 is 0 Å². The summed E-state index contributed by atoms with van der Waals surface area (Å²) >= 11 is 0. The van der Waals surface area contributed by atoms with Gasteiger partial charge in [0, 0.05) is 6.42 Å². The summed E-state index contributed by atoms with van der Waals surface area (Å²) in [4.78, 5) is 16.6. The molecular weight excluding hydrogens is 339 g/mol. The number of hydrogen-bond acceptors (Lipinski definition) is 8. The minimum absolute atomic E-state index is 0.0117. The van der Waals surface area contributed by atoms with Crippen LogP contribution in [-0.4, -0.2) is 25.1 Å². The van der Waals surface area contributed by atoms with Crippen LogP contribution in [0.1, 0.15) is 17.0 Å². The molecule has 0 aliphatic rings. The summed E-state index contributed by atoms with van der Waals surface area (Å²) in [6, 6.07) is 8.53. The van der Waals surface area contributed by atoms with Gasteiger partial charge in [-0.2, -0.15) is 15.0 Å². The molecule has 4 aromatic rings. The largest absolute Gasteiger partial charge is 0.459 e. The van der Waals surface area contributed by atoms with Gasteiger partial charge in [0.05, 0.1) is 6.26 Å². The van der Waals surface area contributed by atoms with Crippen molar-refractivity contribution in [1.29, 1.82) is 0 Å². The van der Waals surface area contributed by atoms with Crippen molar-refractivity contribution < 1.29 is 13.3 Å². The van der Waals surface area contributed by atoms with Crippen LogP contribution in [0.25, 0.3) is 23.3 Å². The summed E-state index contributed by atoms with van der Waals surface area (Å²) in [5.74, 6) is 0.887. The lowest BCUT2D eigenvalue weighted by molar-refractivity contribution is 0.416. The van der Waals surface area contributed by atoms with Crippen molar-refractivity contribution >= 4 is 5.95 Å². The fraction of sp³-hybridized carbons (Fsp3) is 0.118. The van der Waals surface area contributed by atoms with Crippen molar-refractivity contribution in [3.05, 3.63) is 59.4 Å². The van der Waals surface area contributed by atoms with E-state index in [1.165, 1.54) is 6.26 Å². The molecule has 3 aromatic heterocycles. The van der Waals surface area contributed by atoms with Crippen LogP contribution in [0.2, 0.25) is 0 Å². The highest BCUT2D eigenvalue weighted by Gasteiger charge is 2.17. The van der Waals surface area contributed by atoms with Gasteiger partial charge in [0.2, 0.25) is 17.6 Å². The second-order valence-corrected chi connectivity index (χ2v) is 5.56. The molecule has 8 nitrogen and oxygen atoms in total. The first-order valence-corrected chi connectivity index (χ1v) is 7.72. The number of nitrogen functional groups attached to an aromatic ring is 1. The molecule has 0 spiro atoms. The first kappa shape index (κ1) is 15.9. The number of rotatable bonds is 4. The normalized spacial score (nSPS) is 11.0. The zero-order chi connectivity index (χ0) is 18.1. The summed E-state index contributed by atoms with van der Waals surface area (Å²) in [7, 11) is 0. The Hall–Kier alpha value is -3.62. The molecule has 2 N–H and O–H groups in total. The number of furan rings is 1. The van der Waals surface area contributed by atoms with Crippen molar-refractivity contribution in [2.24, 2.45) is 0 Å². The maximum atomic E-state index is 14.2. The van der Waals surface area contributed by atoms with Crippen LogP contribution in [0.15, 0.2) is 45.5 Å². The average Bonchev–Trinajstić information content (AvgIpc) is 3.29. The van der Waals surface area contributed by atoms with Crippen molar-refractivity contribution in [2.45, 2.75) is 13.3 Å². The molecule has 0 unspecified atom stereocenters. The Bertz CT molecular complexity index is 1060. The fourth-order valence-corrected chi connectivity index (χ4v) is 2.45. The van der Waals surface area contributed by atoms with E-state index in [1.807, 2.05) is 0 Å². The van der Waals surface area contributed by atoms with Gasteiger partial charge in [-0.05, 0) is 30.2 Å². The second kappa shape index (κ2) is 6.36. The molecule has 0 amide bonds. The smallest absolute Gasteiger partial charge is 0.294 e. The third-order valence-corrected chi connectivity index (χ3v) is 3.68. The van der Waals surface area contributed by atoms with Crippen LogP contribution in [0.3, 0.4) is 0 Å². The topological polar surface area (TPSA) is 117 Å². The van der Waals surface area contributed by atoms with Crippen LogP contribution >= 0.6 is 0 Å². The average molecular weight is 352 g/mol. The number of anilines is 1. The maximum Gasteiger partial charge on any atom is 0.294 e. The highest BCUT2D eigenvalue weighted by molar-refractivity contribution is 5.51. The molecule has 9 heteroatoms. The van der Waals surface area contributed by atoms with Crippen molar-refractivity contribution in [3.8, 4) is 23.3 Å². The van der Waals surface area contributed by atoms with Gasteiger partial charge in [-0.15, -0.1) is 0 Å². The molecular formula is C17H13FN6O2. The van der Waals surface area contributed by atoms with Crippen LogP contribution in [-0.2, 0) is 6.42 Å². The van der Waals surface area contributed by atoms with E-state index < -0.39 is 0 Å². The van der Waals surface area contributed by atoms with E-state index in [0.717, 1.165) is 0 Å². The van der Waals surface area contributed by atoms with Crippen molar-refractivity contribution in [3.63, 3.8) is 0 Å². The van der Waals surface area contributed by atoms with Gasteiger partial charge < -0.3 is 14.7 Å².